The number of nitrogens with zero attached hydrogens (tertiary/aromatic N) is 2. The molecule has 1 aromatic heterocycles. The lowest BCUT2D eigenvalue weighted by molar-refractivity contribution is -0.704. The van der Waals surface area contributed by atoms with E-state index in [4.69, 9.17) is 16.1 Å². The molecular formula is C22H19ClN3O+. The van der Waals surface area contributed by atoms with Gasteiger partial charge in [0.15, 0.2) is 6.54 Å². The highest BCUT2D eigenvalue weighted by Gasteiger charge is 2.19. The van der Waals surface area contributed by atoms with Gasteiger partial charge in [0.1, 0.15) is 6.04 Å². The van der Waals surface area contributed by atoms with Crippen molar-refractivity contribution in [1.82, 2.24) is 10.1 Å². The average Bonchev–Trinajstić information content (AvgIpc) is 3.19. The number of aromatic nitrogens is 2. The molecule has 0 spiro atoms. The molecule has 2 N–H and O–H groups in total. The number of rotatable bonds is 6. The van der Waals surface area contributed by atoms with Gasteiger partial charge in [0, 0.05) is 21.7 Å². The van der Waals surface area contributed by atoms with Crippen molar-refractivity contribution in [3.63, 3.8) is 0 Å². The summed E-state index contributed by atoms with van der Waals surface area (Å²) in [5, 5.41) is 6.99. The summed E-state index contributed by atoms with van der Waals surface area (Å²) in [7, 11) is 0. The molecule has 0 aliphatic carbocycles. The van der Waals surface area contributed by atoms with Crippen molar-refractivity contribution in [3.05, 3.63) is 107 Å². The summed E-state index contributed by atoms with van der Waals surface area (Å²) in [6.45, 7) is 0.592. The van der Waals surface area contributed by atoms with Crippen LogP contribution in [0, 0.1) is 0 Å². The molecule has 1 heterocycles. The number of hydrogen-bond donors (Lipinski definition) is 1. The minimum atomic E-state index is 0.165. The van der Waals surface area contributed by atoms with Gasteiger partial charge in [0.2, 0.25) is 5.82 Å². The van der Waals surface area contributed by atoms with Gasteiger partial charge >= 0.3 is 0 Å². The van der Waals surface area contributed by atoms with Crippen LogP contribution in [0.4, 0.5) is 0 Å². The average molecular weight is 377 g/mol. The highest BCUT2D eigenvalue weighted by molar-refractivity contribution is 6.30. The van der Waals surface area contributed by atoms with Gasteiger partial charge in [-0.15, -0.1) is 0 Å². The van der Waals surface area contributed by atoms with E-state index in [0.717, 1.165) is 5.56 Å². The second kappa shape index (κ2) is 8.16. The van der Waals surface area contributed by atoms with Gasteiger partial charge in [0.25, 0.3) is 5.89 Å². The van der Waals surface area contributed by atoms with Crippen molar-refractivity contribution in [1.29, 1.82) is 0 Å². The summed E-state index contributed by atoms with van der Waals surface area (Å²) in [5.41, 5.74) is 3.36. The molecule has 0 atom stereocenters. The second-order valence-electron chi connectivity index (χ2n) is 6.26. The summed E-state index contributed by atoms with van der Waals surface area (Å²) in [4.78, 5) is 4.52. The molecule has 4 aromatic rings. The fraction of sp³-hybridized carbons (Fsp3) is 0.0909. The van der Waals surface area contributed by atoms with Gasteiger partial charge < -0.3 is 9.84 Å². The fourth-order valence-corrected chi connectivity index (χ4v) is 3.18. The molecule has 0 amide bonds. The maximum atomic E-state index is 5.94. The summed E-state index contributed by atoms with van der Waals surface area (Å²) in [6.07, 6.45) is 0. The Balaban J connectivity index is 1.52. The maximum absolute atomic E-state index is 5.94. The molecular weight excluding hydrogens is 358 g/mol. The van der Waals surface area contributed by atoms with Crippen molar-refractivity contribution in [3.8, 4) is 11.4 Å². The first-order valence-electron chi connectivity index (χ1n) is 8.81. The van der Waals surface area contributed by atoms with Crippen molar-refractivity contribution in [2.45, 2.75) is 12.6 Å². The highest BCUT2D eigenvalue weighted by atomic mass is 35.5. The molecule has 0 saturated carbocycles. The van der Waals surface area contributed by atoms with E-state index in [0.29, 0.717) is 23.3 Å². The molecule has 0 aliphatic heterocycles. The normalized spacial score (nSPS) is 11.0. The van der Waals surface area contributed by atoms with Crippen molar-refractivity contribution in [2.24, 2.45) is 0 Å². The third-order valence-electron chi connectivity index (χ3n) is 4.42. The SMILES string of the molecule is Clc1ccc(-c2noc(C[NH2+]C(c3ccccc3)c3ccccc3)n2)cc1. The minimum absolute atomic E-state index is 0.165. The van der Waals surface area contributed by atoms with Crippen LogP contribution in [0.25, 0.3) is 11.4 Å². The van der Waals surface area contributed by atoms with Crippen LogP contribution in [0.5, 0.6) is 0 Å². The lowest BCUT2D eigenvalue weighted by Crippen LogP contribution is -2.84. The van der Waals surface area contributed by atoms with Crippen LogP contribution >= 0.6 is 11.6 Å². The largest absolute Gasteiger partial charge is 0.333 e. The van der Waals surface area contributed by atoms with E-state index in [9.17, 15) is 0 Å². The lowest BCUT2D eigenvalue weighted by atomic mass is 9.99. The van der Waals surface area contributed by atoms with Crippen LogP contribution in [0.15, 0.2) is 89.5 Å². The number of quaternary nitrogens is 1. The van der Waals surface area contributed by atoms with E-state index < -0.39 is 0 Å². The van der Waals surface area contributed by atoms with Crippen molar-refractivity contribution in [2.75, 3.05) is 0 Å². The van der Waals surface area contributed by atoms with Gasteiger partial charge in [-0.3, -0.25) is 0 Å². The van der Waals surface area contributed by atoms with Crippen LogP contribution in [0.3, 0.4) is 0 Å². The van der Waals surface area contributed by atoms with E-state index in [1.54, 1.807) is 0 Å². The summed E-state index contributed by atoms with van der Waals surface area (Å²) >= 11 is 5.94. The monoisotopic (exact) mass is 376 g/mol. The number of halogens is 1. The molecule has 0 bridgehead atoms. The minimum Gasteiger partial charge on any atom is -0.333 e. The Morgan fingerprint density at radius 1 is 0.815 bits per heavy atom. The van der Waals surface area contributed by atoms with Crippen LogP contribution in [0.1, 0.15) is 23.1 Å². The van der Waals surface area contributed by atoms with Crippen molar-refractivity contribution < 1.29 is 9.84 Å². The molecule has 3 aromatic carbocycles. The third kappa shape index (κ3) is 4.25. The second-order valence-corrected chi connectivity index (χ2v) is 6.69. The molecule has 134 valence electrons. The van der Waals surface area contributed by atoms with Crippen LogP contribution in [0.2, 0.25) is 5.02 Å². The Kier molecular flexibility index (Phi) is 5.28. The summed E-state index contributed by atoms with van der Waals surface area (Å²) in [5.74, 6) is 1.17. The fourth-order valence-electron chi connectivity index (χ4n) is 3.06. The van der Waals surface area contributed by atoms with E-state index in [1.165, 1.54) is 11.1 Å². The molecule has 0 fully saturated rings. The predicted molar refractivity (Wildman–Crippen MR) is 105 cm³/mol. The van der Waals surface area contributed by atoms with Gasteiger partial charge in [0.05, 0.1) is 0 Å². The highest BCUT2D eigenvalue weighted by Crippen LogP contribution is 2.20. The first-order chi connectivity index (χ1) is 13.3. The zero-order valence-electron chi connectivity index (χ0n) is 14.6. The molecule has 4 rings (SSSR count). The molecule has 0 unspecified atom stereocenters. The third-order valence-corrected chi connectivity index (χ3v) is 4.67. The Hall–Kier alpha value is -2.95. The Bertz CT molecular complexity index is 946. The first kappa shape index (κ1) is 17.5. The Morgan fingerprint density at radius 3 is 2.00 bits per heavy atom. The number of benzene rings is 3. The number of hydrogen-bond acceptors (Lipinski definition) is 3. The molecule has 27 heavy (non-hydrogen) atoms. The number of nitrogens with two attached hydrogens (primary N) is 1. The van der Waals surface area contributed by atoms with E-state index in [1.807, 2.05) is 36.4 Å². The molecule has 0 aliphatic rings. The zero-order valence-corrected chi connectivity index (χ0v) is 15.4. The smallest absolute Gasteiger partial charge is 0.282 e. The van der Waals surface area contributed by atoms with E-state index >= 15 is 0 Å². The van der Waals surface area contributed by atoms with Gasteiger partial charge in [-0.05, 0) is 24.3 Å². The topological polar surface area (TPSA) is 55.5 Å². The molecule has 5 heteroatoms. The summed E-state index contributed by atoms with van der Waals surface area (Å²) < 4.78 is 5.45. The predicted octanol–water partition coefficient (Wildman–Crippen LogP) is 4.24. The molecule has 0 radical (unpaired) electrons. The standard InChI is InChI=1S/C22H18ClN3O/c23-19-13-11-18(12-14-19)22-25-20(27-26-22)15-24-21(16-7-3-1-4-8-16)17-9-5-2-6-10-17/h1-14,21,24H,15H2/p+1. The van der Waals surface area contributed by atoms with Crippen LogP contribution in [-0.2, 0) is 6.54 Å². The Morgan fingerprint density at radius 2 is 1.41 bits per heavy atom. The maximum Gasteiger partial charge on any atom is 0.282 e. The van der Waals surface area contributed by atoms with E-state index in [-0.39, 0.29) is 6.04 Å². The van der Waals surface area contributed by atoms with Crippen molar-refractivity contribution >= 4 is 11.6 Å². The quantitative estimate of drug-likeness (QED) is 0.547. The van der Waals surface area contributed by atoms with Crippen LogP contribution in [-0.4, -0.2) is 10.1 Å². The molecule has 0 saturated heterocycles. The summed E-state index contributed by atoms with van der Waals surface area (Å²) in [6, 6.07) is 28.4. The van der Waals surface area contributed by atoms with Gasteiger partial charge in [-0.1, -0.05) is 77.4 Å². The van der Waals surface area contributed by atoms with E-state index in [2.05, 4.69) is 64.0 Å². The zero-order chi connectivity index (χ0) is 18.5. The lowest BCUT2D eigenvalue weighted by Gasteiger charge is -2.15. The van der Waals surface area contributed by atoms with Crippen LogP contribution < -0.4 is 5.32 Å². The first-order valence-corrected chi connectivity index (χ1v) is 9.19. The molecule has 4 nitrogen and oxygen atoms in total. The van der Waals surface area contributed by atoms with Gasteiger partial charge in [-0.25, -0.2) is 0 Å². The van der Waals surface area contributed by atoms with Gasteiger partial charge in [-0.2, -0.15) is 4.98 Å². The Labute approximate surface area is 162 Å².